The Morgan fingerprint density at radius 3 is 2.31 bits per heavy atom. The van der Waals surface area contributed by atoms with Crippen LogP contribution in [0.3, 0.4) is 0 Å². The molecule has 5 rings (SSSR count). The fraction of sp³-hybridized carbons (Fsp3) is 0.423. The quantitative estimate of drug-likeness (QED) is 0.720. The van der Waals surface area contributed by atoms with Crippen LogP contribution >= 0.6 is 0 Å². The van der Waals surface area contributed by atoms with Gasteiger partial charge in [-0.2, -0.15) is 0 Å². The summed E-state index contributed by atoms with van der Waals surface area (Å²) in [6.45, 7) is 0.485. The number of hydrogen-bond donors (Lipinski definition) is 0. The van der Waals surface area contributed by atoms with Crippen LogP contribution in [0.1, 0.15) is 48.0 Å². The number of nitrogens with zero attached hydrogens (tertiary/aromatic N) is 2. The highest BCUT2D eigenvalue weighted by atomic mass is 16.6. The maximum absolute atomic E-state index is 13.1. The molecule has 2 aromatic rings. The first-order valence-corrected chi connectivity index (χ1v) is 11.5. The Morgan fingerprint density at radius 1 is 0.969 bits per heavy atom. The zero-order valence-electron chi connectivity index (χ0n) is 18.1. The summed E-state index contributed by atoms with van der Waals surface area (Å²) in [6.07, 6.45) is 4.61. The minimum atomic E-state index is -0.596. The van der Waals surface area contributed by atoms with Crippen molar-refractivity contribution in [1.29, 1.82) is 0 Å². The molecule has 0 unspecified atom stereocenters. The van der Waals surface area contributed by atoms with Crippen molar-refractivity contribution < 1.29 is 19.1 Å². The van der Waals surface area contributed by atoms with Gasteiger partial charge in [0.2, 0.25) is 0 Å². The zero-order valence-corrected chi connectivity index (χ0v) is 18.1. The summed E-state index contributed by atoms with van der Waals surface area (Å²) < 4.78 is 6.05. The van der Waals surface area contributed by atoms with Crippen LogP contribution in [0.5, 0.6) is 0 Å². The topological polar surface area (TPSA) is 66.9 Å². The first kappa shape index (κ1) is 20.7. The van der Waals surface area contributed by atoms with Gasteiger partial charge >= 0.3 is 6.09 Å². The Kier molecular flexibility index (Phi) is 5.45. The maximum atomic E-state index is 13.1. The third kappa shape index (κ3) is 3.78. The number of amides is 2. The van der Waals surface area contributed by atoms with E-state index in [2.05, 4.69) is 12.1 Å². The largest absolute Gasteiger partial charge is 0.443 e. The number of carbonyl (C=O) groups is 3. The third-order valence-corrected chi connectivity index (χ3v) is 7.22. The van der Waals surface area contributed by atoms with Gasteiger partial charge in [0.15, 0.2) is 5.78 Å². The van der Waals surface area contributed by atoms with E-state index in [0.717, 1.165) is 32.1 Å². The molecule has 2 aromatic carbocycles. The van der Waals surface area contributed by atoms with Gasteiger partial charge in [-0.3, -0.25) is 14.5 Å². The van der Waals surface area contributed by atoms with E-state index in [1.807, 2.05) is 36.4 Å². The molecule has 0 spiro atoms. The monoisotopic (exact) mass is 432 g/mol. The fourth-order valence-electron chi connectivity index (χ4n) is 5.28. The lowest BCUT2D eigenvalue weighted by atomic mass is 9.76. The molecule has 3 fully saturated rings. The van der Waals surface area contributed by atoms with Gasteiger partial charge < -0.3 is 9.64 Å². The molecule has 2 aliphatic heterocycles. The molecule has 32 heavy (non-hydrogen) atoms. The predicted molar refractivity (Wildman–Crippen MR) is 119 cm³/mol. The number of Topliss-reactive ketones (excluding diaryl/α,β-unsaturated/α-hetero) is 1. The molecule has 2 atom stereocenters. The average Bonchev–Trinajstić information content (AvgIpc) is 3.38. The molecule has 1 saturated carbocycles. The number of ketones is 1. The molecule has 0 aromatic heterocycles. The van der Waals surface area contributed by atoms with Crippen LogP contribution in [0.2, 0.25) is 0 Å². The van der Waals surface area contributed by atoms with E-state index in [9.17, 15) is 14.4 Å². The van der Waals surface area contributed by atoms with Gasteiger partial charge in [0.05, 0.1) is 12.6 Å². The van der Waals surface area contributed by atoms with E-state index in [1.165, 1.54) is 5.56 Å². The van der Waals surface area contributed by atoms with Crippen LogP contribution in [-0.4, -0.2) is 58.4 Å². The first-order chi connectivity index (χ1) is 15.6. The SMILES string of the molecule is O=C1CN(C(=O)c2ccccc2)[C@@H]2CCN(C(=O)OC3(CCc4ccccc4)CCC3)[C@H]12. The Hall–Kier alpha value is -3.15. The van der Waals surface area contributed by atoms with Gasteiger partial charge in [0.25, 0.3) is 5.91 Å². The van der Waals surface area contributed by atoms with Crippen molar-refractivity contribution in [2.24, 2.45) is 0 Å². The van der Waals surface area contributed by atoms with Crippen molar-refractivity contribution in [1.82, 2.24) is 9.80 Å². The number of hydrogen-bond acceptors (Lipinski definition) is 4. The van der Waals surface area contributed by atoms with Crippen molar-refractivity contribution in [2.75, 3.05) is 13.1 Å². The number of fused-ring (bicyclic) bond motifs is 1. The molecule has 0 bridgehead atoms. The molecule has 2 heterocycles. The van der Waals surface area contributed by atoms with E-state index in [0.29, 0.717) is 18.5 Å². The highest BCUT2D eigenvalue weighted by Gasteiger charge is 2.53. The Morgan fingerprint density at radius 2 is 1.66 bits per heavy atom. The standard InChI is InChI=1S/C26H28N2O4/c29-22-18-28(24(30)20-10-5-2-6-11-20)21-13-17-27(23(21)22)25(31)32-26(14-7-15-26)16-12-19-8-3-1-4-9-19/h1-6,8-11,21,23H,7,12-18H2/t21-,23+/m1/s1. The van der Waals surface area contributed by atoms with Crippen LogP contribution in [0, 0.1) is 0 Å². The Labute approximate surface area is 188 Å². The summed E-state index contributed by atoms with van der Waals surface area (Å²) in [4.78, 5) is 42.1. The third-order valence-electron chi connectivity index (χ3n) is 7.22. The van der Waals surface area contributed by atoms with Crippen molar-refractivity contribution in [3.63, 3.8) is 0 Å². The number of rotatable bonds is 5. The van der Waals surface area contributed by atoms with E-state index >= 15 is 0 Å². The molecule has 1 aliphatic carbocycles. The maximum Gasteiger partial charge on any atom is 0.411 e. The lowest BCUT2D eigenvalue weighted by Gasteiger charge is -2.42. The molecule has 2 amide bonds. The van der Waals surface area contributed by atoms with Crippen molar-refractivity contribution in [3.05, 3.63) is 71.8 Å². The second-order valence-electron chi connectivity index (χ2n) is 9.15. The summed E-state index contributed by atoms with van der Waals surface area (Å²) in [6, 6.07) is 18.4. The van der Waals surface area contributed by atoms with E-state index in [-0.39, 0.29) is 24.3 Å². The predicted octanol–water partition coefficient (Wildman–Crippen LogP) is 3.85. The van der Waals surface area contributed by atoms with E-state index < -0.39 is 17.7 Å². The normalized spacial score (nSPS) is 23.6. The number of benzene rings is 2. The molecular weight excluding hydrogens is 404 g/mol. The van der Waals surface area contributed by atoms with Crippen LogP contribution in [0.25, 0.3) is 0 Å². The van der Waals surface area contributed by atoms with Crippen molar-refractivity contribution >= 4 is 17.8 Å². The van der Waals surface area contributed by atoms with E-state index in [1.54, 1.807) is 21.9 Å². The number of carbonyl (C=O) groups excluding carboxylic acids is 3. The van der Waals surface area contributed by atoms with Crippen LogP contribution in [0.4, 0.5) is 4.79 Å². The number of aryl methyl sites for hydroxylation is 1. The zero-order chi connectivity index (χ0) is 22.1. The van der Waals surface area contributed by atoms with Crippen molar-refractivity contribution in [2.45, 2.75) is 56.2 Å². The molecule has 3 aliphatic rings. The van der Waals surface area contributed by atoms with Gasteiger partial charge in [-0.15, -0.1) is 0 Å². The van der Waals surface area contributed by atoms with Gasteiger partial charge in [-0.25, -0.2) is 4.79 Å². The highest BCUT2D eigenvalue weighted by molar-refractivity contribution is 6.02. The van der Waals surface area contributed by atoms with Crippen LogP contribution < -0.4 is 0 Å². The number of likely N-dealkylation sites (tertiary alicyclic amines) is 2. The number of ether oxygens (including phenoxy) is 1. The highest BCUT2D eigenvalue weighted by Crippen LogP contribution is 2.41. The Bertz CT molecular complexity index is 1000. The molecule has 2 saturated heterocycles. The Balaban J connectivity index is 1.25. The summed E-state index contributed by atoms with van der Waals surface area (Å²) >= 11 is 0. The summed E-state index contributed by atoms with van der Waals surface area (Å²) in [5, 5.41) is 0. The minimum absolute atomic E-state index is 0.0476. The first-order valence-electron chi connectivity index (χ1n) is 11.5. The lowest BCUT2D eigenvalue weighted by Crippen LogP contribution is -2.49. The van der Waals surface area contributed by atoms with Gasteiger partial charge in [-0.1, -0.05) is 48.5 Å². The molecule has 0 N–H and O–H groups in total. The molecule has 6 heteroatoms. The van der Waals surface area contributed by atoms with Crippen LogP contribution in [-0.2, 0) is 16.0 Å². The minimum Gasteiger partial charge on any atom is -0.443 e. The summed E-state index contributed by atoms with van der Waals surface area (Å²) in [7, 11) is 0. The van der Waals surface area contributed by atoms with E-state index in [4.69, 9.17) is 4.74 Å². The molecule has 166 valence electrons. The second-order valence-corrected chi connectivity index (χ2v) is 9.15. The molecule has 6 nitrogen and oxygen atoms in total. The second kappa shape index (κ2) is 8.41. The fourth-order valence-corrected chi connectivity index (χ4v) is 5.28. The molecule has 0 radical (unpaired) electrons. The average molecular weight is 433 g/mol. The van der Waals surface area contributed by atoms with Crippen molar-refractivity contribution in [3.8, 4) is 0 Å². The van der Waals surface area contributed by atoms with Gasteiger partial charge in [0.1, 0.15) is 11.6 Å². The lowest BCUT2D eigenvalue weighted by molar-refractivity contribution is -0.121. The van der Waals surface area contributed by atoms with Gasteiger partial charge in [0, 0.05) is 12.1 Å². The summed E-state index contributed by atoms with van der Waals surface area (Å²) in [5.74, 6) is -0.235. The smallest absolute Gasteiger partial charge is 0.411 e. The van der Waals surface area contributed by atoms with Crippen LogP contribution in [0.15, 0.2) is 60.7 Å². The molecular formula is C26H28N2O4. The van der Waals surface area contributed by atoms with Gasteiger partial charge in [-0.05, 0) is 56.2 Å². The summed E-state index contributed by atoms with van der Waals surface area (Å²) in [5.41, 5.74) is 1.36.